The summed E-state index contributed by atoms with van der Waals surface area (Å²) < 4.78 is 5.40. The molecule has 1 aromatic heterocycles. The number of pyridine rings is 1. The lowest BCUT2D eigenvalue weighted by Gasteiger charge is -2.08. The Labute approximate surface area is 123 Å². The van der Waals surface area contributed by atoms with E-state index in [2.05, 4.69) is 24.1 Å². The van der Waals surface area contributed by atoms with Crippen molar-refractivity contribution in [2.45, 2.75) is 20.3 Å². The lowest BCUT2D eigenvalue weighted by Crippen LogP contribution is -2.27. The average molecular weight is 305 g/mol. The van der Waals surface area contributed by atoms with Crippen molar-refractivity contribution in [1.82, 2.24) is 10.3 Å². The molecule has 1 amide bonds. The second-order valence-electron chi connectivity index (χ2n) is 4.55. The number of carbonyl (C=O) groups is 1. The minimum Gasteiger partial charge on any atom is -0.380 e. The number of amides is 1. The van der Waals surface area contributed by atoms with E-state index in [1.54, 1.807) is 0 Å². The SMILES string of the molecule is CC(C)CCOCCNC(=O)c1cnc(Cl)c(Cl)c1. The Bertz CT molecular complexity index is 425. The summed E-state index contributed by atoms with van der Waals surface area (Å²) >= 11 is 11.5. The third-order valence-corrected chi connectivity index (χ3v) is 3.12. The van der Waals surface area contributed by atoms with E-state index >= 15 is 0 Å². The standard InChI is InChI=1S/C13H18Cl2N2O2/c1-9(2)3-5-19-6-4-16-13(18)10-7-11(14)12(15)17-8-10/h7-9H,3-6H2,1-2H3,(H,16,18). The predicted octanol–water partition coefficient (Wildman–Crippen LogP) is 3.18. The molecule has 0 saturated heterocycles. The van der Waals surface area contributed by atoms with E-state index in [0.717, 1.165) is 6.42 Å². The highest BCUT2D eigenvalue weighted by molar-refractivity contribution is 6.41. The Morgan fingerprint density at radius 2 is 2.16 bits per heavy atom. The van der Waals surface area contributed by atoms with Crippen LogP contribution in [0.2, 0.25) is 10.2 Å². The number of halogens is 2. The number of nitrogens with one attached hydrogen (secondary N) is 1. The number of aromatic nitrogens is 1. The number of hydrogen-bond donors (Lipinski definition) is 1. The van der Waals surface area contributed by atoms with Crippen LogP contribution in [0.3, 0.4) is 0 Å². The van der Waals surface area contributed by atoms with Crippen molar-refractivity contribution in [2.24, 2.45) is 5.92 Å². The fraction of sp³-hybridized carbons (Fsp3) is 0.538. The molecule has 0 aliphatic heterocycles. The van der Waals surface area contributed by atoms with Gasteiger partial charge in [-0.2, -0.15) is 0 Å². The predicted molar refractivity (Wildman–Crippen MR) is 76.9 cm³/mol. The first-order chi connectivity index (χ1) is 9.00. The lowest BCUT2D eigenvalue weighted by atomic mass is 10.1. The van der Waals surface area contributed by atoms with E-state index in [-0.39, 0.29) is 16.1 Å². The van der Waals surface area contributed by atoms with Crippen LogP contribution in [0.4, 0.5) is 0 Å². The van der Waals surface area contributed by atoms with Crippen LogP contribution in [0.5, 0.6) is 0 Å². The maximum absolute atomic E-state index is 11.7. The highest BCUT2D eigenvalue weighted by Crippen LogP contribution is 2.19. The maximum Gasteiger partial charge on any atom is 0.252 e. The smallest absolute Gasteiger partial charge is 0.252 e. The highest BCUT2D eigenvalue weighted by Gasteiger charge is 2.08. The largest absolute Gasteiger partial charge is 0.380 e. The van der Waals surface area contributed by atoms with E-state index in [1.165, 1.54) is 12.3 Å². The molecule has 0 aliphatic carbocycles. The molecule has 1 heterocycles. The molecule has 0 spiro atoms. The van der Waals surface area contributed by atoms with Gasteiger partial charge in [0, 0.05) is 19.3 Å². The zero-order chi connectivity index (χ0) is 14.3. The Hall–Kier alpha value is -0.840. The van der Waals surface area contributed by atoms with Crippen LogP contribution in [-0.2, 0) is 4.74 Å². The summed E-state index contributed by atoms with van der Waals surface area (Å²) in [5.74, 6) is 0.385. The molecule has 0 atom stereocenters. The minimum atomic E-state index is -0.237. The van der Waals surface area contributed by atoms with Crippen molar-refractivity contribution in [2.75, 3.05) is 19.8 Å². The summed E-state index contributed by atoms with van der Waals surface area (Å²) in [5.41, 5.74) is 0.386. The van der Waals surface area contributed by atoms with Gasteiger partial charge in [0.2, 0.25) is 0 Å². The zero-order valence-electron chi connectivity index (χ0n) is 11.1. The van der Waals surface area contributed by atoms with Gasteiger partial charge in [0.15, 0.2) is 0 Å². The first-order valence-corrected chi connectivity index (χ1v) is 6.93. The van der Waals surface area contributed by atoms with Gasteiger partial charge in [-0.3, -0.25) is 4.79 Å². The van der Waals surface area contributed by atoms with Crippen molar-refractivity contribution < 1.29 is 9.53 Å². The average Bonchev–Trinajstić information content (AvgIpc) is 2.36. The first kappa shape index (κ1) is 16.2. The van der Waals surface area contributed by atoms with E-state index < -0.39 is 0 Å². The Balaban J connectivity index is 2.26. The lowest BCUT2D eigenvalue weighted by molar-refractivity contribution is 0.0905. The summed E-state index contributed by atoms with van der Waals surface area (Å²) in [6.45, 7) is 5.94. The minimum absolute atomic E-state index is 0.190. The maximum atomic E-state index is 11.7. The van der Waals surface area contributed by atoms with Gasteiger partial charge in [-0.1, -0.05) is 37.0 Å². The van der Waals surface area contributed by atoms with Gasteiger partial charge in [-0.05, 0) is 18.4 Å². The van der Waals surface area contributed by atoms with Crippen molar-refractivity contribution >= 4 is 29.1 Å². The number of nitrogens with zero attached hydrogens (tertiary/aromatic N) is 1. The monoisotopic (exact) mass is 304 g/mol. The van der Waals surface area contributed by atoms with Crippen LogP contribution in [0.25, 0.3) is 0 Å². The molecule has 0 aliphatic rings. The van der Waals surface area contributed by atoms with E-state index in [9.17, 15) is 4.79 Å². The van der Waals surface area contributed by atoms with Crippen molar-refractivity contribution in [3.8, 4) is 0 Å². The third kappa shape index (κ3) is 6.23. The Morgan fingerprint density at radius 3 is 2.79 bits per heavy atom. The van der Waals surface area contributed by atoms with Crippen molar-refractivity contribution in [1.29, 1.82) is 0 Å². The third-order valence-electron chi connectivity index (χ3n) is 2.43. The second-order valence-corrected chi connectivity index (χ2v) is 5.31. The molecule has 0 bridgehead atoms. The number of ether oxygens (including phenoxy) is 1. The van der Waals surface area contributed by atoms with E-state index in [1.807, 2.05) is 0 Å². The molecule has 4 nitrogen and oxygen atoms in total. The first-order valence-electron chi connectivity index (χ1n) is 6.17. The topological polar surface area (TPSA) is 51.2 Å². The van der Waals surface area contributed by atoms with Gasteiger partial charge in [-0.25, -0.2) is 4.98 Å². The summed E-state index contributed by atoms with van der Waals surface area (Å²) in [5, 5.41) is 3.18. The molecule has 0 radical (unpaired) electrons. The molecule has 19 heavy (non-hydrogen) atoms. The second kappa shape index (κ2) is 8.35. The molecule has 0 fully saturated rings. The van der Waals surface area contributed by atoms with Crippen LogP contribution in [0, 0.1) is 5.92 Å². The Morgan fingerprint density at radius 1 is 1.42 bits per heavy atom. The fourth-order valence-electron chi connectivity index (χ4n) is 1.31. The quantitative estimate of drug-likeness (QED) is 0.622. The van der Waals surface area contributed by atoms with Crippen LogP contribution >= 0.6 is 23.2 Å². The van der Waals surface area contributed by atoms with Crippen molar-refractivity contribution in [3.05, 3.63) is 28.0 Å². The molecular formula is C13H18Cl2N2O2. The summed E-state index contributed by atoms with van der Waals surface area (Å²) in [6, 6.07) is 1.49. The van der Waals surface area contributed by atoms with Gasteiger partial charge in [0.1, 0.15) is 5.15 Å². The van der Waals surface area contributed by atoms with Crippen LogP contribution in [0.1, 0.15) is 30.6 Å². The Kier molecular flexibility index (Phi) is 7.13. The van der Waals surface area contributed by atoms with Crippen LogP contribution < -0.4 is 5.32 Å². The molecular weight excluding hydrogens is 287 g/mol. The number of rotatable bonds is 7. The molecule has 0 aromatic carbocycles. The molecule has 1 aromatic rings. The van der Waals surface area contributed by atoms with Gasteiger partial charge < -0.3 is 10.1 Å². The van der Waals surface area contributed by atoms with Gasteiger partial charge in [0.05, 0.1) is 17.2 Å². The molecule has 0 unspecified atom stereocenters. The fourth-order valence-corrected chi connectivity index (χ4v) is 1.57. The summed E-state index contributed by atoms with van der Waals surface area (Å²) in [7, 11) is 0. The van der Waals surface area contributed by atoms with E-state index in [4.69, 9.17) is 27.9 Å². The van der Waals surface area contributed by atoms with Crippen LogP contribution in [0.15, 0.2) is 12.3 Å². The molecule has 0 saturated carbocycles. The number of hydrogen-bond acceptors (Lipinski definition) is 3. The van der Waals surface area contributed by atoms with Crippen LogP contribution in [-0.4, -0.2) is 30.6 Å². The summed E-state index contributed by atoms with van der Waals surface area (Å²) in [4.78, 5) is 15.6. The number of carbonyl (C=O) groups excluding carboxylic acids is 1. The van der Waals surface area contributed by atoms with Gasteiger partial charge in [-0.15, -0.1) is 0 Å². The normalized spacial score (nSPS) is 10.8. The molecule has 1 N–H and O–H groups in total. The highest BCUT2D eigenvalue weighted by atomic mass is 35.5. The molecule has 106 valence electrons. The van der Waals surface area contributed by atoms with Gasteiger partial charge in [0.25, 0.3) is 5.91 Å². The molecule has 6 heteroatoms. The summed E-state index contributed by atoms with van der Waals surface area (Å²) in [6.07, 6.45) is 2.41. The molecule has 1 rings (SSSR count). The van der Waals surface area contributed by atoms with E-state index in [0.29, 0.717) is 31.2 Å². The van der Waals surface area contributed by atoms with Gasteiger partial charge >= 0.3 is 0 Å². The van der Waals surface area contributed by atoms with Crippen molar-refractivity contribution in [3.63, 3.8) is 0 Å². The zero-order valence-corrected chi connectivity index (χ0v) is 12.6.